The summed E-state index contributed by atoms with van der Waals surface area (Å²) in [6.45, 7) is 4.52. The van der Waals surface area contributed by atoms with Crippen molar-refractivity contribution < 1.29 is 0 Å². The highest BCUT2D eigenvalue weighted by molar-refractivity contribution is 6.29. The summed E-state index contributed by atoms with van der Waals surface area (Å²) in [5.41, 5.74) is 6.45. The average molecular weight is 255 g/mol. The Balaban J connectivity index is 1.72. The van der Waals surface area contributed by atoms with Gasteiger partial charge in [-0.25, -0.2) is 4.98 Å². The topological polar surface area (TPSA) is 54.2 Å². The van der Waals surface area contributed by atoms with Crippen molar-refractivity contribution in [1.29, 1.82) is 0 Å². The maximum Gasteiger partial charge on any atom is 0.150 e. The van der Waals surface area contributed by atoms with Crippen LogP contribution in [0.15, 0.2) is 12.1 Å². The van der Waals surface area contributed by atoms with E-state index in [9.17, 15) is 0 Å². The molecule has 1 fully saturated rings. The summed E-state index contributed by atoms with van der Waals surface area (Å²) in [5.74, 6) is 0.693. The summed E-state index contributed by atoms with van der Waals surface area (Å²) < 4.78 is 0. The molecule has 0 saturated carbocycles. The van der Waals surface area contributed by atoms with E-state index in [1.807, 2.05) is 0 Å². The Hall–Kier alpha value is -1.00. The molecule has 4 nitrogen and oxygen atoms in total. The molecule has 2 heterocycles. The summed E-state index contributed by atoms with van der Waals surface area (Å²) in [5, 5.41) is 3.70. The second-order valence-electron chi connectivity index (χ2n) is 4.40. The molecule has 0 bridgehead atoms. The smallest absolute Gasteiger partial charge is 0.150 e. The lowest BCUT2D eigenvalue weighted by Gasteiger charge is -2.14. The summed E-state index contributed by atoms with van der Waals surface area (Å²) in [6, 6.07) is 3.48. The van der Waals surface area contributed by atoms with E-state index in [1.165, 1.54) is 25.9 Å². The zero-order valence-electron chi connectivity index (χ0n) is 9.95. The number of halogens is 1. The molecule has 3 N–H and O–H groups in total. The lowest BCUT2D eigenvalue weighted by atomic mass is 10.3. The van der Waals surface area contributed by atoms with Gasteiger partial charge < -0.3 is 16.0 Å². The molecule has 2 rings (SSSR count). The van der Waals surface area contributed by atoms with Crippen LogP contribution in [0.2, 0.25) is 5.15 Å². The van der Waals surface area contributed by atoms with Gasteiger partial charge in [-0.3, -0.25) is 0 Å². The minimum Gasteiger partial charge on any atom is -0.396 e. The van der Waals surface area contributed by atoms with Crippen molar-refractivity contribution in [3.63, 3.8) is 0 Å². The maximum absolute atomic E-state index is 5.82. The van der Waals surface area contributed by atoms with Crippen molar-refractivity contribution in [2.24, 2.45) is 0 Å². The first-order valence-corrected chi connectivity index (χ1v) is 6.52. The van der Waals surface area contributed by atoms with Gasteiger partial charge in [0.25, 0.3) is 0 Å². The molecule has 1 aliphatic heterocycles. The number of aromatic nitrogens is 1. The lowest BCUT2D eigenvalue weighted by Crippen LogP contribution is -2.22. The minimum absolute atomic E-state index is 0.473. The fourth-order valence-corrected chi connectivity index (χ4v) is 2.25. The first-order valence-electron chi connectivity index (χ1n) is 6.14. The van der Waals surface area contributed by atoms with Crippen molar-refractivity contribution in [2.75, 3.05) is 37.2 Å². The summed E-state index contributed by atoms with van der Waals surface area (Å²) in [7, 11) is 0. The standard InChI is InChI=1S/C12H19ClN4/c13-11-5-4-10(14)12(16-11)15-6-3-9-17-7-1-2-8-17/h4-5H,1-3,6-9,14H2,(H,15,16). The summed E-state index contributed by atoms with van der Waals surface area (Å²) in [6.07, 6.45) is 3.79. The highest BCUT2D eigenvalue weighted by atomic mass is 35.5. The predicted octanol–water partition coefficient (Wildman–Crippen LogP) is 2.21. The van der Waals surface area contributed by atoms with Crippen molar-refractivity contribution >= 4 is 23.1 Å². The lowest BCUT2D eigenvalue weighted by molar-refractivity contribution is 0.337. The predicted molar refractivity (Wildman–Crippen MR) is 72.4 cm³/mol. The first-order chi connectivity index (χ1) is 8.25. The van der Waals surface area contributed by atoms with E-state index in [2.05, 4.69) is 15.2 Å². The number of hydrogen-bond acceptors (Lipinski definition) is 4. The van der Waals surface area contributed by atoms with Crippen molar-refractivity contribution in [2.45, 2.75) is 19.3 Å². The minimum atomic E-state index is 0.473. The van der Waals surface area contributed by atoms with Gasteiger partial charge in [0.15, 0.2) is 5.82 Å². The Morgan fingerprint density at radius 2 is 2.12 bits per heavy atom. The number of nitrogens with zero attached hydrogens (tertiary/aromatic N) is 2. The monoisotopic (exact) mass is 254 g/mol. The number of anilines is 2. The highest BCUT2D eigenvalue weighted by Crippen LogP contribution is 2.18. The zero-order chi connectivity index (χ0) is 12.1. The zero-order valence-corrected chi connectivity index (χ0v) is 10.7. The molecule has 17 heavy (non-hydrogen) atoms. The van der Waals surface area contributed by atoms with Crippen LogP contribution < -0.4 is 11.1 Å². The van der Waals surface area contributed by atoms with Crippen LogP contribution in [0.25, 0.3) is 0 Å². The van der Waals surface area contributed by atoms with Crippen LogP contribution >= 0.6 is 11.6 Å². The van der Waals surface area contributed by atoms with E-state index in [4.69, 9.17) is 17.3 Å². The average Bonchev–Trinajstić information content (AvgIpc) is 2.82. The molecule has 1 aromatic rings. The second kappa shape index (κ2) is 6.07. The molecular formula is C12H19ClN4. The van der Waals surface area contributed by atoms with Gasteiger partial charge in [-0.15, -0.1) is 0 Å². The fraction of sp³-hybridized carbons (Fsp3) is 0.583. The maximum atomic E-state index is 5.82. The van der Waals surface area contributed by atoms with E-state index < -0.39 is 0 Å². The number of likely N-dealkylation sites (tertiary alicyclic amines) is 1. The number of rotatable bonds is 5. The van der Waals surface area contributed by atoms with E-state index >= 15 is 0 Å². The van der Waals surface area contributed by atoms with Crippen LogP contribution in [0.3, 0.4) is 0 Å². The molecule has 94 valence electrons. The van der Waals surface area contributed by atoms with E-state index in [0.717, 1.165) is 19.5 Å². The Morgan fingerprint density at radius 3 is 2.88 bits per heavy atom. The van der Waals surface area contributed by atoms with Crippen LogP contribution in [-0.4, -0.2) is 36.1 Å². The van der Waals surface area contributed by atoms with E-state index in [-0.39, 0.29) is 0 Å². The van der Waals surface area contributed by atoms with E-state index in [0.29, 0.717) is 16.7 Å². The quantitative estimate of drug-likeness (QED) is 0.625. The van der Waals surface area contributed by atoms with Gasteiger partial charge in [0.1, 0.15) is 5.15 Å². The second-order valence-corrected chi connectivity index (χ2v) is 4.79. The molecule has 1 aliphatic rings. The van der Waals surface area contributed by atoms with Gasteiger partial charge >= 0.3 is 0 Å². The van der Waals surface area contributed by atoms with Crippen LogP contribution in [0, 0.1) is 0 Å². The van der Waals surface area contributed by atoms with Gasteiger partial charge in [0.2, 0.25) is 0 Å². The third-order valence-electron chi connectivity index (χ3n) is 3.03. The first kappa shape index (κ1) is 12.5. The van der Waals surface area contributed by atoms with Crippen LogP contribution in [-0.2, 0) is 0 Å². The Morgan fingerprint density at radius 1 is 1.35 bits per heavy atom. The number of hydrogen-bond donors (Lipinski definition) is 2. The van der Waals surface area contributed by atoms with Crippen LogP contribution in [0.1, 0.15) is 19.3 Å². The molecule has 1 aromatic heterocycles. The van der Waals surface area contributed by atoms with Gasteiger partial charge in [0.05, 0.1) is 5.69 Å². The highest BCUT2D eigenvalue weighted by Gasteiger charge is 2.10. The molecular weight excluding hydrogens is 236 g/mol. The molecule has 0 spiro atoms. The Bertz CT molecular complexity index is 364. The number of nitrogens with one attached hydrogen (secondary N) is 1. The normalized spacial score (nSPS) is 16.3. The third-order valence-corrected chi connectivity index (χ3v) is 3.25. The Labute approximate surface area is 107 Å². The Kier molecular flexibility index (Phi) is 4.45. The largest absolute Gasteiger partial charge is 0.396 e. The molecule has 0 amide bonds. The molecule has 0 unspecified atom stereocenters. The third kappa shape index (κ3) is 3.75. The van der Waals surface area contributed by atoms with Gasteiger partial charge in [-0.05, 0) is 51.0 Å². The van der Waals surface area contributed by atoms with Crippen LogP contribution in [0.5, 0.6) is 0 Å². The molecule has 0 radical (unpaired) electrons. The molecule has 0 atom stereocenters. The number of nitrogens with two attached hydrogens (primary N) is 1. The molecule has 0 aliphatic carbocycles. The van der Waals surface area contributed by atoms with Crippen molar-refractivity contribution in [1.82, 2.24) is 9.88 Å². The SMILES string of the molecule is Nc1ccc(Cl)nc1NCCCN1CCCC1. The summed E-state index contributed by atoms with van der Waals surface area (Å²) in [4.78, 5) is 6.65. The van der Waals surface area contributed by atoms with Gasteiger partial charge in [0, 0.05) is 6.54 Å². The van der Waals surface area contributed by atoms with E-state index in [1.54, 1.807) is 12.1 Å². The summed E-state index contributed by atoms with van der Waals surface area (Å²) >= 11 is 5.82. The van der Waals surface area contributed by atoms with Crippen LogP contribution in [0.4, 0.5) is 11.5 Å². The molecule has 0 aromatic carbocycles. The van der Waals surface area contributed by atoms with Crippen molar-refractivity contribution in [3.8, 4) is 0 Å². The molecule has 1 saturated heterocycles. The fourth-order valence-electron chi connectivity index (χ4n) is 2.10. The van der Waals surface area contributed by atoms with Gasteiger partial charge in [-0.2, -0.15) is 0 Å². The van der Waals surface area contributed by atoms with Gasteiger partial charge in [-0.1, -0.05) is 11.6 Å². The number of nitrogen functional groups attached to an aromatic ring is 1. The number of pyridine rings is 1. The molecule has 5 heteroatoms. The van der Waals surface area contributed by atoms with Crippen molar-refractivity contribution in [3.05, 3.63) is 17.3 Å².